The average Bonchev–Trinajstić information content (AvgIpc) is 3.09. The summed E-state index contributed by atoms with van der Waals surface area (Å²) in [4.78, 5) is 0.0799. The number of aliphatic hydroxyl groups excluding tert-OH is 1. The van der Waals surface area contributed by atoms with Crippen LogP contribution in [0, 0.1) is 17.3 Å². The van der Waals surface area contributed by atoms with E-state index in [1.54, 1.807) is 12.1 Å². The number of hydrogen-bond donors (Lipinski definition) is 2. The van der Waals surface area contributed by atoms with E-state index in [2.05, 4.69) is 0 Å². The molecule has 3 unspecified atom stereocenters. The van der Waals surface area contributed by atoms with E-state index in [0.29, 0.717) is 31.2 Å². The molecule has 1 aromatic carbocycles. The first-order valence-corrected chi connectivity index (χ1v) is 14.5. The van der Waals surface area contributed by atoms with Crippen LogP contribution in [0.2, 0.25) is 0 Å². The molecule has 0 bridgehead atoms. The maximum absolute atomic E-state index is 15.0. The molecule has 0 heterocycles. The molecule has 2 fully saturated rings. The number of allylic oxidation sites excluding steroid dienone is 3. The maximum atomic E-state index is 15.0. The second-order valence-electron chi connectivity index (χ2n) is 11.5. The van der Waals surface area contributed by atoms with Gasteiger partial charge in [-0.15, -0.1) is 0 Å². The first-order chi connectivity index (χ1) is 17.0. The summed E-state index contributed by atoms with van der Waals surface area (Å²) >= 11 is 0. The van der Waals surface area contributed by atoms with Crippen molar-refractivity contribution in [3.63, 3.8) is 0 Å². The molecule has 0 radical (unpaired) electrons. The first-order valence-electron chi connectivity index (χ1n) is 12.6. The van der Waals surface area contributed by atoms with Gasteiger partial charge in [0.1, 0.15) is 5.60 Å². The average molecular weight is 547 g/mol. The fraction of sp³-hybridized carbons (Fsp3) is 0.630. The Morgan fingerprint density at radius 2 is 1.65 bits per heavy atom. The van der Waals surface area contributed by atoms with Gasteiger partial charge in [-0.3, -0.25) is 0 Å². The van der Waals surface area contributed by atoms with Crippen LogP contribution in [0.4, 0.5) is 22.0 Å². The highest BCUT2D eigenvalue weighted by Crippen LogP contribution is 2.70. The van der Waals surface area contributed by atoms with Gasteiger partial charge < -0.3 is 10.2 Å². The zero-order chi connectivity index (χ0) is 27.2. The minimum Gasteiger partial charge on any atom is -0.389 e. The van der Waals surface area contributed by atoms with Gasteiger partial charge in [-0.2, -0.15) is 22.0 Å². The monoisotopic (exact) mass is 546 g/mol. The molecule has 4 aliphatic carbocycles. The number of benzene rings is 1. The molecule has 204 valence electrons. The molecule has 1 aromatic rings. The van der Waals surface area contributed by atoms with Gasteiger partial charge in [0.05, 0.1) is 11.0 Å². The highest BCUT2D eigenvalue weighted by molar-refractivity contribution is 7.90. The Hall–Kier alpha value is -1.78. The fourth-order valence-corrected chi connectivity index (χ4v) is 8.41. The number of halogens is 5. The van der Waals surface area contributed by atoms with Gasteiger partial charge in [-0.05, 0) is 85.6 Å². The van der Waals surface area contributed by atoms with Crippen molar-refractivity contribution in [3.8, 4) is 0 Å². The summed E-state index contributed by atoms with van der Waals surface area (Å²) in [6, 6.07) is 6.05. The molecule has 0 amide bonds. The van der Waals surface area contributed by atoms with E-state index in [4.69, 9.17) is 0 Å². The summed E-state index contributed by atoms with van der Waals surface area (Å²) in [6.45, 7) is 1.37. The van der Waals surface area contributed by atoms with Crippen molar-refractivity contribution in [2.24, 2.45) is 17.3 Å². The quantitative estimate of drug-likeness (QED) is 0.477. The Kier molecular flexibility index (Phi) is 6.06. The minimum atomic E-state index is -5.90. The molecule has 4 aliphatic rings. The summed E-state index contributed by atoms with van der Waals surface area (Å²) < 4.78 is 94.8. The van der Waals surface area contributed by atoms with Crippen LogP contribution in [-0.4, -0.2) is 48.7 Å². The lowest BCUT2D eigenvalue weighted by atomic mass is 9.50. The van der Waals surface area contributed by atoms with Crippen molar-refractivity contribution in [1.82, 2.24) is 0 Å². The van der Waals surface area contributed by atoms with Gasteiger partial charge in [0.15, 0.2) is 9.84 Å². The maximum Gasteiger partial charge on any atom is 0.456 e. The molecule has 0 aromatic heterocycles. The van der Waals surface area contributed by atoms with Crippen molar-refractivity contribution in [2.75, 3.05) is 6.26 Å². The third-order valence-electron chi connectivity index (χ3n) is 9.60. The fourth-order valence-electron chi connectivity index (χ4n) is 7.78. The van der Waals surface area contributed by atoms with E-state index in [9.17, 15) is 40.6 Å². The number of fused-ring (bicyclic) bond motifs is 4. The van der Waals surface area contributed by atoms with Gasteiger partial charge in [0.25, 0.3) is 0 Å². The van der Waals surface area contributed by atoms with Crippen molar-refractivity contribution in [2.45, 2.75) is 86.5 Å². The number of hydrogen-bond acceptors (Lipinski definition) is 4. The summed E-state index contributed by atoms with van der Waals surface area (Å²) in [5.41, 5.74) is -1.37. The smallest absolute Gasteiger partial charge is 0.389 e. The largest absolute Gasteiger partial charge is 0.456 e. The van der Waals surface area contributed by atoms with Gasteiger partial charge in [-0.1, -0.05) is 30.7 Å². The summed E-state index contributed by atoms with van der Waals surface area (Å²) in [5.74, 6) is -6.71. The predicted octanol–water partition coefficient (Wildman–Crippen LogP) is 5.71. The van der Waals surface area contributed by atoms with Crippen molar-refractivity contribution < 1.29 is 40.6 Å². The highest BCUT2D eigenvalue weighted by Gasteiger charge is 2.79. The van der Waals surface area contributed by atoms with Crippen molar-refractivity contribution >= 4 is 9.84 Å². The predicted molar refractivity (Wildman–Crippen MR) is 127 cm³/mol. The zero-order valence-corrected chi connectivity index (χ0v) is 21.5. The first kappa shape index (κ1) is 26.8. The standard InChI is InChI=1S/C27H31F5O4S/c1-24-14-21(15-3-7-18(8-4-15)37(2,35)36)23-19-10-6-17(33)13-16(19)5-9-20(23)22(24)11-12-25(24,34)26(28,29)27(30,31)32/h3-4,7-8,13,17,20-22,33-34H,5-6,9-12,14H2,1-2H3/t17?,20-,21?,22-,24-,25?/m0/s1. The highest BCUT2D eigenvalue weighted by atomic mass is 32.2. The molecule has 5 rings (SSSR count). The van der Waals surface area contributed by atoms with Crippen molar-refractivity contribution in [3.05, 3.63) is 52.6 Å². The molecular weight excluding hydrogens is 515 g/mol. The number of alkyl halides is 5. The minimum absolute atomic E-state index is 0.0571. The molecule has 6 atom stereocenters. The van der Waals surface area contributed by atoms with Crippen LogP contribution in [0.25, 0.3) is 0 Å². The molecule has 4 nitrogen and oxygen atoms in total. The Bertz CT molecular complexity index is 1270. The van der Waals surface area contributed by atoms with Gasteiger partial charge in [-0.25, -0.2) is 8.42 Å². The lowest BCUT2D eigenvalue weighted by molar-refractivity contribution is -0.362. The molecule has 2 N–H and O–H groups in total. The van der Waals surface area contributed by atoms with E-state index in [1.165, 1.54) is 19.1 Å². The van der Waals surface area contributed by atoms with Gasteiger partial charge in [0, 0.05) is 17.6 Å². The number of rotatable bonds is 3. The normalized spacial score (nSPS) is 36.5. The summed E-state index contributed by atoms with van der Waals surface area (Å²) in [7, 11) is -3.49. The Morgan fingerprint density at radius 1 is 1.00 bits per heavy atom. The molecule has 0 saturated heterocycles. The molecule has 10 heteroatoms. The molecule has 0 aliphatic heterocycles. The van der Waals surface area contributed by atoms with Gasteiger partial charge in [0.2, 0.25) is 0 Å². The van der Waals surface area contributed by atoms with Crippen LogP contribution >= 0.6 is 0 Å². The van der Waals surface area contributed by atoms with E-state index >= 15 is 0 Å². The topological polar surface area (TPSA) is 74.6 Å². The molecular formula is C27H31F5O4S. The van der Waals surface area contributed by atoms with E-state index < -0.39 is 57.3 Å². The van der Waals surface area contributed by atoms with Gasteiger partial charge >= 0.3 is 12.1 Å². The second kappa shape index (κ2) is 8.36. The SMILES string of the molecule is C[C@]12CC(c3ccc(S(C)(=O)=O)cc3)C3=C4CCC(O)C=C4CC[C@H]3[C@@H]1CCC2(O)C(F)(F)C(F)(F)F. The van der Waals surface area contributed by atoms with Crippen LogP contribution < -0.4 is 0 Å². The molecule has 37 heavy (non-hydrogen) atoms. The van der Waals surface area contributed by atoms with E-state index in [1.807, 2.05) is 6.08 Å². The van der Waals surface area contributed by atoms with E-state index in [-0.39, 0.29) is 23.7 Å². The molecule has 0 spiro atoms. The molecule has 2 saturated carbocycles. The van der Waals surface area contributed by atoms with E-state index in [0.717, 1.165) is 23.0 Å². The Balaban J connectivity index is 1.69. The van der Waals surface area contributed by atoms with Crippen LogP contribution in [-0.2, 0) is 9.84 Å². The van der Waals surface area contributed by atoms with Crippen LogP contribution in [0.5, 0.6) is 0 Å². The third kappa shape index (κ3) is 3.84. The zero-order valence-electron chi connectivity index (χ0n) is 20.7. The summed E-state index contributed by atoms with van der Waals surface area (Å²) in [5, 5.41) is 21.5. The van der Waals surface area contributed by atoms with Crippen LogP contribution in [0.15, 0.2) is 52.0 Å². The second-order valence-corrected chi connectivity index (χ2v) is 13.5. The number of sulfone groups is 1. The lowest BCUT2D eigenvalue weighted by Gasteiger charge is -2.56. The number of aliphatic hydroxyl groups is 2. The Morgan fingerprint density at radius 3 is 2.24 bits per heavy atom. The van der Waals surface area contributed by atoms with Crippen LogP contribution in [0.3, 0.4) is 0 Å². The summed E-state index contributed by atoms with van der Waals surface area (Å²) in [6.07, 6.45) is -2.14. The van der Waals surface area contributed by atoms with Crippen LogP contribution in [0.1, 0.15) is 63.4 Å². The third-order valence-corrected chi connectivity index (χ3v) is 10.7. The Labute approximate surface area is 213 Å². The lowest BCUT2D eigenvalue weighted by Crippen LogP contribution is -2.65. The van der Waals surface area contributed by atoms with Crippen molar-refractivity contribution in [1.29, 1.82) is 0 Å².